The van der Waals surface area contributed by atoms with Gasteiger partial charge in [0, 0.05) is 19.3 Å². The van der Waals surface area contributed by atoms with Crippen molar-refractivity contribution >= 4 is 11.9 Å². The monoisotopic (exact) mass is 279 g/mol. The fraction of sp³-hybridized carbons (Fsp3) is 0.643. The molecule has 0 radical (unpaired) electrons. The number of carbonyl (C=O) groups excluding carboxylic acids is 1. The molecular formula is C14H21N3O3. The highest BCUT2D eigenvalue weighted by molar-refractivity contribution is 6.03. The molecule has 1 aromatic heterocycles. The number of hydrogen-bond donors (Lipinski definition) is 2. The summed E-state index contributed by atoms with van der Waals surface area (Å²) in [4.78, 5) is 23.4. The van der Waals surface area contributed by atoms with Crippen LogP contribution in [-0.4, -0.2) is 32.8 Å². The fourth-order valence-corrected chi connectivity index (χ4v) is 2.84. The molecule has 0 spiro atoms. The third-order valence-electron chi connectivity index (χ3n) is 4.30. The van der Waals surface area contributed by atoms with E-state index < -0.39 is 11.9 Å². The van der Waals surface area contributed by atoms with E-state index in [2.05, 4.69) is 24.3 Å². The Balaban J connectivity index is 2.14. The molecule has 1 fully saturated rings. The molecule has 0 aromatic carbocycles. The van der Waals surface area contributed by atoms with E-state index in [1.54, 1.807) is 7.05 Å². The van der Waals surface area contributed by atoms with Crippen LogP contribution >= 0.6 is 0 Å². The van der Waals surface area contributed by atoms with E-state index in [9.17, 15) is 9.59 Å². The Morgan fingerprint density at radius 2 is 2.10 bits per heavy atom. The first kappa shape index (κ1) is 14.6. The number of rotatable bonds is 3. The first-order valence-electron chi connectivity index (χ1n) is 6.98. The Bertz CT molecular complexity index is 524. The van der Waals surface area contributed by atoms with Crippen molar-refractivity contribution in [3.8, 4) is 0 Å². The van der Waals surface area contributed by atoms with Crippen LogP contribution in [-0.2, 0) is 7.05 Å². The molecule has 0 unspecified atom stereocenters. The van der Waals surface area contributed by atoms with Crippen molar-refractivity contribution in [3.05, 3.63) is 17.5 Å². The molecule has 0 aliphatic heterocycles. The van der Waals surface area contributed by atoms with Crippen LogP contribution in [0.4, 0.5) is 0 Å². The largest absolute Gasteiger partial charge is 0.478 e. The number of nitrogens with zero attached hydrogens (tertiary/aromatic N) is 2. The Hall–Kier alpha value is -1.85. The van der Waals surface area contributed by atoms with Gasteiger partial charge in [-0.3, -0.25) is 9.48 Å². The third kappa shape index (κ3) is 2.84. The van der Waals surface area contributed by atoms with Crippen LogP contribution in [0.3, 0.4) is 0 Å². The highest BCUT2D eigenvalue weighted by Crippen LogP contribution is 2.29. The molecule has 6 nitrogen and oxygen atoms in total. The Morgan fingerprint density at radius 3 is 2.75 bits per heavy atom. The summed E-state index contributed by atoms with van der Waals surface area (Å²) in [5.74, 6) is -0.566. The van der Waals surface area contributed by atoms with Crippen molar-refractivity contribution in [3.63, 3.8) is 0 Å². The summed E-state index contributed by atoms with van der Waals surface area (Å²) in [6, 6.07) is 0.0925. The Morgan fingerprint density at radius 1 is 1.40 bits per heavy atom. The summed E-state index contributed by atoms with van der Waals surface area (Å²) in [5, 5.41) is 16.0. The average molecular weight is 279 g/mol. The summed E-state index contributed by atoms with van der Waals surface area (Å²) in [6.45, 7) is 4.32. The van der Waals surface area contributed by atoms with Gasteiger partial charge < -0.3 is 10.4 Å². The summed E-state index contributed by atoms with van der Waals surface area (Å²) >= 11 is 0. The molecule has 6 heteroatoms. The molecule has 3 atom stereocenters. The van der Waals surface area contributed by atoms with Gasteiger partial charge in [0.2, 0.25) is 0 Å². The van der Waals surface area contributed by atoms with Gasteiger partial charge in [0.1, 0.15) is 5.56 Å². The van der Waals surface area contributed by atoms with Gasteiger partial charge in [0.15, 0.2) is 5.69 Å². The van der Waals surface area contributed by atoms with E-state index in [4.69, 9.17) is 5.11 Å². The molecule has 1 aromatic rings. The van der Waals surface area contributed by atoms with Gasteiger partial charge in [-0.05, 0) is 18.3 Å². The van der Waals surface area contributed by atoms with Gasteiger partial charge in [0.05, 0.1) is 0 Å². The molecule has 20 heavy (non-hydrogen) atoms. The standard InChI is InChI=1S/C14H21N3O3/c1-8-5-4-6-11(9(8)2)15-13(18)12-10(14(19)20)7-17(3)16-12/h7-9,11H,4-6H2,1-3H3,(H,15,18)(H,19,20)/t8-,9+,11-/m0/s1. The van der Waals surface area contributed by atoms with Crippen molar-refractivity contribution in [2.75, 3.05) is 0 Å². The highest BCUT2D eigenvalue weighted by Gasteiger charge is 2.30. The second kappa shape index (κ2) is 5.64. The van der Waals surface area contributed by atoms with E-state index in [-0.39, 0.29) is 17.3 Å². The second-order valence-electron chi connectivity index (χ2n) is 5.72. The number of carbonyl (C=O) groups is 2. The zero-order valence-corrected chi connectivity index (χ0v) is 12.1. The number of amides is 1. The lowest BCUT2D eigenvalue weighted by Crippen LogP contribution is -2.44. The van der Waals surface area contributed by atoms with Crippen molar-refractivity contribution in [1.82, 2.24) is 15.1 Å². The highest BCUT2D eigenvalue weighted by atomic mass is 16.4. The number of aryl methyl sites for hydroxylation is 1. The molecule has 1 amide bonds. The lowest BCUT2D eigenvalue weighted by molar-refractivity contribution is 0.0689. The zero-order valence-electron chi connectivity index (χ0n) is 12.1. The van der Waals surface area contributed by atoms with Gasteiger partial charge in [-0.2, -0.15) is 5.10 Å². The van der Waals surface area contributed by atoms with E-state index in [1.807, 2.05) is 0 Å². The Kier molecular flexibility index (Phi) is 4.11. The van der Waals surface area contributed by atoms with Gasteiger partial charge in [-0.15, -0.1) is 0 Å². The van der Waals surface area contributed by atoms with Crippen LogP contribution in [0.15, 0.2) is 6.20 Å². The van der Waals surface area contributed by atoms with Crippen LogP contribution in [0.2, 0.25) is 0 Å². The molecule has 1 aliphatic carbocycles. The summed E-state index contributed by atoms with van der Waals surface area (Å²) in [5.41, 5.74) is -0.0630. The molecular weight excluding hydrogens is 258 g/mol. The minimum Gasteiger partial charge on any atom is -0.478 e. The zero-order chi connectivity index (χ0) is 14.9. The van der Waals surface area contributed by atoms with Crippen molar-refractivity contribution in [2.45, 2.75) is 39.2 Å². The van der Waals surface area contributed by atoms with Crippen LogP contribution in [0.25, 0.3) is 0 Å². The molecule has 0 bridgehead atoms. The molecule has 2 N–H and O–H groups in total. The number of aromatic nitrogens is 2. The first-order valence-corrected chi connectivity index (χ1v) is 6.98. The van der Waals surface area contributed by atoms with Crippen LogP contribution in [0.1, 0.15) is 54.0 Å². The third-order valence-corrected chi connectivity index (χ3v) is 4.30. The lowest BCUT2D eigenvalue weighted by Gasteiger charge is -2.34. The number of carboxylic acid groups (broad SMARTS) is 1. The maximum Gasteiger partial charge on any atom is 0.339 e. The van der Waals surface area contributed by atoms with Gasteiger partial charge >= 0.3 is 5.97 Å². The van der Waals surface area contributed by atoms with E-state index in [1.165, 1.54) is 17.3 Å². The maximum atomic E-state index is 12.3. The molecule has 110 valence electrons. The Labute approximate surface area is 118 Å². The number of hydrogen-bond acceptors (Lipinski definition) is 3. The van der Waals surface area contributed by atoms with Crippen LogP contribution in [0.5, 0.6) is 0 Å². The number of carboxylic acids is 1. The summed E-state index contributed by atoms with van der Waals surface area (Å²) in [6.07, 6.45) is 4.55. The van der Waals surface area contributed by atoms with Gasteiger partial charge in [-0.1, -0.05) is 26.7 Å². The topological polar surface area (TPSA) is 84.2 Å². The maximum absolute atomic E-state index is 12.3. The number of nitrogens with one attached hydrogen (secondary N) is 1. The molecule has 2 rings (SSSR count). The van der Waals surface area contributed by atoms with Gasteiger partial charge in [-0.25, -0.2) is 4.79 Å². The van der Waals surface area contributed by atoms with Crippen LogP contribution in [0, 0.1) is 11.8 Å². The van der Waals surface area contributed by atoms with Gasteiger partial charge in [0.25, 0.3) is 5.91 Å². The predicted octanol–water partition coefficient (Wildman–Crippen LogP) is 1.67. The van der Waals surface area contributed by atoms with Crippen LogP contribution < -0.4 is 5.32 Å². The molecule has 0 saturated heterocycles. The van der Waals surface area contributed by atoms with E-state index in [0.717, 1.165) is 12.8 Å². The normalized spacial score (nSPS) is 26.2. The summed E-state index contributed by atoms with van der Waals surface area (Å²) < 4.78 is 1.35. The number of aromatic carboxylic acids is 1. The predicted molar refractivity (Wildman–Crippen MR) is 73.6 cm³/mol. The minimum absolute atomic E-state index is 0.00886. The summed E-state index contributed by atoms with van der Waals surface area (Å²) in [7, 11) is 1.61. The quantitative estimate of drug-likeness (QED) is 0.881. The second-order valence-corrected chi connectivity index (χ2v) is 5.72. The minimum atomic E-state index is -1.13. The van der Waals surface area contributed by atoms with Crippen molar-refractivity contribution in [2.24, 2.45) is 18.9 Å². The van der Waals surface area contributed by atoms with E-state index >= 15 is 0 Å². The lowest BCUT2D eigenvalue weighted by atomic mass is 9.78. The SMILES string of the molecule is C[C@H]1[C@@H](NC(=O)c2nn(C)cc2C(=O)O)CCC[C@@H]1C. The first-order chi connectivity index (χ1) is 9.40. The average Bonchev–Trinajstić information content (AvgIpc) is 2.77. The molecule has 1 aliphatic rings. The molecule has 1 saturated carbocycles. The smallest absolute Gasteiger partial charge is 0.339 e. The fourth-order valence-electron chi connectivity index (χ4n) is 2.84. The van der Waals surface area contributed by atoms with E-state index in [0.29, 0.717) is 11.8 Å². The van der Waals surface area contributed by atoms with Crippen molar-refractivity contribution < 1.29 is 14.7 Å². The van der Waals surface area contributed by atoms with Crippen molar-refractivity contribution in [1.29, 1.82) is 0 Å². The molecule has 1 heterocycles.